The van der Waals surface area contributed by atoms with Gasteiger partial charge in [-0.05, 0) is 6.92 Å². The van der Waals surface area contributed by atoms with Gasteiger partial charge in [-0.2, -0.15) is 26.3 Å². The van der Waals surface area contributed by atoms with Gasteiger partial charge in [-0.1, -0.05) is 29.8 Å². The van der Waals surface area contributed by atoms with Crippen molar-refractivity contribution in [1.82, 2.24) is 0 Å². The lowest BCUT2D eigenvalue weighted by Crippen LogP contribution is -2.50. The average Bonchev–Trinajstić information content (AvgIpc) is 2.14. The van der Waals surface area contributed by atoms with Gasteiger partial charge in [-0.25, -0.2) is 4.39 Å². The van der Waals surface area contributed by atoms with Crippen LogP contribution in [0, 0.1) is 6.92 Å². The number of hydrogen-bond acceptors (Lipinski definition) is 0. The third kappa shape index (κ3) is 2.23. The molecular formula is C10H7F7. The van der Waals surface area contributed by atoms with E-state index in [-0.39, 0.29) is 0 Å². The van der Waals surface area contributed by atoms with E-state index in [2.05, 4.69) is 0 Å². The van der Waals surface area contributed by atoms with E-state index < -0.39 is 23.6 Å². The molecule has 0 aliphatic carbocycles. The predicted molar refractivity (Wildman–Crippen MR) is 46.1 cm³/mol. The summed E-state index contributed by atoms with van der Waals surface area (Å²) in [7, 11) is 0. The van der Waals surface area contributed by atoms with E-state index >= 15 is 0 Å². The van der Waals surface area contributed by atoms with Crippen LogP contribution in [0.2, 0.25) is 0 Å². The van der Waals surface area contributed by atoms with Crippen molar-refractivity contribution in [3.8, 4) is 0 Å². The summed E-state index contributed by atoms with van der Waals surface area (Å²) < 4.78 is 87.2. The zero-order chi connectivity index (χ0) is 13.5. The molecule has 0 nitrogen and oxygen atoms in total. The Kier molecular flexibility index (Phi) is 3.15. The Hall–Kier alpha value is -1.27. The largest absolute Gasteiger partial charge is 0.435 e. The molecule has 0 fully saturated rings. The van der Waals surface area contributed by atoms with Crippen LogP contribution in [0.3, 0.4) is 0 Å². The summed E-state index contributed by atoms with van der Waals surface area (Å²) in [5.74, 6) is 0. The predicted octanol–water partition coefficient (Wildman–Crippen LogP) is 4.28. The zero-order valence-electron chi connectivity index (χ0n) is 8.46. The van der Waals surface area contributed by atoms with Gasteiger partial charge in [0.25, 0.3) is 0 Å². The number of benzene rings is 1. The molecule has 0 atom stereocenters. The van der Waals surface area contributed by atoms with Crippen molar-refractivity contribution >= 4 is 0 Å². The van der Waals surface area contributed by atoms with Crippen LogP contribution >= 0.6 is 0 Å². The van der Waals surface area contributed by atoms with Gasteiger partial charge < -0.3 is 0 Å². The molecule has 1 rings (SSSR count). The van der Waals surface area contributed by atoms with Gasteiger partial charge >= 0.3 is 18.0 Å². The Morgan fingerprint density at radius 2 is 1.06 bits per heavy atom. The summed E-state index contributed by atoms with van der Waals surface area (Å²) in [6.07, 6.45) is -12.1. The second kappa shape index (κ2) is 3.89. The molecule has 0 aromatic heterocycles. The Balaban J connectivity index is 3.41. The smallest absolute Gasteiger partial charge is 0.218 e. The Labute approximate surface area is 92.0 Å². The fourth-order valence-electron chi connectivity index (χ4n) is 1.27. The summed E-state index contributed by atoms with van der Waals surface area (Å²) in [5, 5.41) is 0. The lowest BCUT2D eigenvalue weighted by molar-refractivity contribution is -0.348. The Morgan fingerprint density at radius 3 is 1.35 bits per heavy atom. The number of aryl methyl sites for hydroxylation is 1. The molecule has 0 N–H and O–H groups in total. The summed E-state index contributed by atoms with van der Waals surface area (Å²) in [6.45, 7) is 1.46. The molecule has 0 radical (unpaired) electrons. The minimum atomic E-state index is -6.06. The second-order valence-corrected chi connectivity index (χ2v) is 3.52. The van der Waals surface area contributed by atoms with Gasteiger partial charge in [0.2, 0.25) is 0 Å². The van der Waals surface area contributed by atoms with Crippen molar-refractivity contribution in [3.63, 3.8) is 0 Å². The Morgan fingerprint density at radius 1 is 0.706 bits per heavy atom. The van der Waals surface area contributed by atoms with Gasteiger partial charge in [0.1, 0.15) is 0 Å². The molecule has 0 saturated carbocycles. The summed E-state index contributed by atoms with van der Waals surface area (Å²) in [4.78, 5) is 0. The molecular weight excluding hydrogens is 253 g/mol. The van der Waals surface area contributed by atoms with E-state index in [0.717, 1.165) is 12.1 Å². The molecule has 0 bridgehead atoms. The number of hydrogen-bond donors (Lipinski definition) is 0. The molecule has 0 heterocycles. The first kappa shape index (κ1) is 13.8. The molecule has 1 aromatic carbocycles. The fourth-order valence-corrected chi connectivity index (χ4v) is 1.27. The van der Waals surface area contributed by atoms with Crippen molar-refractivity contribution in [3.05, 3.63) is 35.4 Å². The third-order valence-corrected chi connectivity index (χ3v) is 2.23. The molecule has 1 aromatic rings. The maximum absolute atomic E-state index is 13.4. The first-order valence-electron chi connectivity index (χ1n) is 4.39. The fraction of sp³-hybridized carbons (Fsp3) is 0.400. The highest BCUT2D eigenvalue weighted by Gasteiger charge is 2.73. The molecule has 0 aliphatic heterocycles. The van der Waals surface area contributed by atoms with Crippen LogP contribution in [0.1, 0.15) is 11.1 Å². The number of rotatable bonds is 1. The van der Waals surface area contributed by atoms with E-state index in [4.69, 9.17) is 0 Å². The van der Waals surface area contributed by atoms with Crippen molar-refractivity contribution in [2.45, 2.75) is 24.9 Å². The summed E-state index contributed by atoms with van der Waals surface area (Å²) in [6, 6.07) is 2.94. The standard InChI is InChI=1S/C10H7F7/c1-6-2-4-7(5-3-6)8(11,9(12,13)14)10(15,16)17/h2-5H,1H3. The molecule has 7 heteroatoms. The monoisotopic (exact) mass is 260 g/mol. The van der Waals surface area contributed by atoms with Crippen molar-refractivity contribution < 1.29 is 30.7 Å². The van der Waals surface area contributed by atoms with Crippen LogP contribution in [0.5, 0.6) is 0 Å². The highest BCUT2D eigenvalue weighted by atomic mass is 19.4. The molecule has 96 valence electrons. The SMILES string of the molecule is Cc1ccc(C(F)(C(F)(F)F)C(F)(F)F)cc1. The first-order valence-corrected chi connectivity index (χ1v) is 4.39. The highest BCUT2D eigenvalue weighted by Crippen LogP contribution is 2.53. The lowest BCUT2D eigenvalue weighted by Gasteiger charge is -2.30. The molecule has 0 spiro atoms. The van der Waals surface area contributed by atoms with Gasteiger partial charge in [0.15, 0.2) is 0 Å². The zero-order valence-corrected chi connectivity index (χ0v) is 8.46. The molecule has 17 heavy (non-hydrogen) atoms. The number of alkyl halides is 7. The normalized spacial score (nSPS) is 13.9. The molecule has 0 amide bonds. The topological polar surface area (TPSA) is 0 Å². The summed E-state index contributed by atoms with van der Waals surface area (Å²) in [5.41, 5.74) is -6.38. The van der Waals surface area contributed by atoms with Gasteiger partial charge in [-0.15, -0.1) is 0 Å². The first-order chi connectivity index (χ1) is 7.50. The van der Waals surface area contributed by atoms with Crippen LogP contribution in [0.4, 0.5) is 30.7 Å². The Bertz CT molecular complexity index is 371. The van der Waals surface area contributed by atoms with Crippen LogP contribution in [0.25, 0.3) is 0 Å². The van der Waals surface area contributed by atoms with Crippen LogP contribution in [0.15, 0.2) is 24.3 Å². The second-order valence-electron chi connectivity index (χ2n) is 3.52. The van der Waals surface area contributed by atoms with Gasteiger partial charge in [0, 0.05) is 5.56 Å². The maximum atomic E-state index is 13.4. The summed E-state index contributed by atoms with van der Waals surface area (Å²) >= 11 is 0. The van der Waals surface area contributed by atoms with Crippen LogP contribution in [-0.2, 0) is 5.67 Å². The minimum absolute atomic E-state index is 0.431. The number of halogens is 7. The van der Waals surface area contributed by atoms with E-state index in [1.807, 2.05) is 0 Å². The van der Waals surface area contributed by atoms with Crippen molar-refractivity contribution in [1.29, 1.82) is 0 Å². The minimum Gasteiger partial charge on any atom is -0.218 e. The lowest BCUT2D eigenvalue weighted by atomic mass is 9.93. The van der Waals surface area contributed by atoms with Gasteiger partial charge in [-0.3, -0.25) is 0 Å². The molecule has 0 unspecified atom stereocenters. The van der Waals surface area contributed by atoms with E-state index in [0.29, 0.717) is 17.7 Å². The van der Waals surface area contributed by atoms with Crippen LogP contribution < -0.4 is 0 Å². The average molecular weight is 260 g/mol. The van der Waals surface area contributed by atoms with Crippen molar-refractivity contribution in [2.24, 2.45) is 0 Å². The molecule has 0 saturated heterocycles. The maximum Gasteiger partial charge on any atom is 0.435 e. The molecule has 0 aliphatic rings. The van der Waals surface area contributed by atoms with Gasteiger partial charge in [0.05, 0.1) is 0 Å². The highest BCUT2D eigenvalue weighted by molar-refractivity contribution is 5.29. The quantitative estimate of drug-likeness (QED) is 0.661. The van der Waals surface area contributed by atoms with Crippen molar-refractivity contribution in [2.75, 3.05) is 0 Å². The third-order valence-electron chi connectivity index (χ3n) is 2.23. The van der Waals surface area contributed by atoms with Crippen LogP contribution in [-0.4, -0.2) is 12.4 Å². The van der Waals surface area contributed by atoms with E-state index in [1.165, 1.54) is 6.92 Å². The van der Waals surface area contributed by atoms with E-state index in [9.17, 15) is 30.7 Å². The van der Waals surface area contributed by atoms with E-state index in [1.54, 1.807) is 0 Å².